The number of aliphatic hydroxyl groups excluding tert-OH is 1. The number of hydrogen-bond acceptors (Lipinski definition) is 6. The van der Waals surface area contributed by atoms with Gasteiger partial charge in [-0.2, -0.15) is 0 Å². The number of fused-ring (bicyclic) bond motifs is 5. The summed E-state index contributed by atoms with van der Waals surface area (Å²) >= 11 is 0. The Hall–Kier alpha value is -3.00. The highest BCUT2D eigenvalue weighted by Gasteiger charge is 2.59. The van der Waals surface area contributed by atoms with Gasteiger partial charge in [-0.25, -0.2) is 4.79 Å². The van der Waals surface area contributed by atoms with E-state index in [-0.39, 0.29) is 16.7 Å². The zero-order valence-corrected chi connectivity index (χ0v) is 23.8. The van der Waals surface area contributed by atoms with E-state index in [4.69, 9.17) is 4.84 Å². The number of nitrogens with one attached hydrogen (secondary N) is 1. The minimum absolute atomic E-state index is 0.122. The Morgan fingerprint density at radius 2 is 1.80 bits per heavy atom. The third-order valence-corrected chi connectivity index (χ3v) is 10.9. The molecule has 8 nitrogen and oxygen atoms in total. The molecule has 3 N–H and O–H groups in total. The zero-order valence-electron chi connectivity index (χ0n) is 23.8. The van der Waals surface area contributed by atoms with E-state index in [0.717, 1.165) is 50.7 Å². The smallest absolute Gasteiger partial charge is 0.329 e. The summed E-state index contributed by atoms with van der Waals surface area (Å²) in [6, 6.07) is 6.86. The molecule has 40 heavy (non-hydrogen) atoms. The molecular weight excluding hydrogens is 508 g/mol. The number of carbonyl (C=O) groups is 3. The van der Waals surface area contributed by atoms with Gasteiger partial charge in [0.25, 0.3) is 5.91 Å². The van der Waals surface area contributed by atoms with Crippen LogP contribution in [-0.2, 0) is 19.2 Å². The molecule has 0 saturated heterocycles. The van der Waals surface area contributed by atoms with Crippen molar-refractivity contribution in [1.29, 1.82) is 0 Å². The molecule has 216 valence electrons. The summed E-state index contributed by atoms with van der Waals surface area (Å²) in [5, 5.41) is 26.6. The lowest BCUT2D eigenvalue weighted by Gasteiger charge is -2.58. The van der Waals surface area contributed by atoms with Gasteiger partial charge in [0.1, 0.15) is 11.9 Å². The molecule has 5 rings (SSSR count). The molecule has 1 amide bonds. The van der Waals surface area contributed by atoms with Gasteiger partial charge in [0.15, 0.2) is 12.6 Å². The quantitative estimate of drug-likeness (QED) is 0.398. The molecule has 0 radical (unpaired) electrons. The summed E-state index contributed by atoms with van der Waals surface area (Å²) < 4.78 is 0. The molecule has 0 spiro atoms. The van der Waals surface area contributed by atoms with Crippen LogP contribution in [0.1, 0.15) is 83.8 Å². The number of amides is 1. The van der Waals surface area contributed by atoms with Crippen LogP contribution in [0.25, 0.3) is 0 Å². The lowest BCUT2D eigenvalue weighted by Crippen LogP contribution is -2.51. The number of hydrogen-bond donors (Lipinski definition) is 3. The lowest BCUT2D eigenvalue weighted by atomic mass is 9.46. The Bertz CT molecular complexity index is 1210. The highest BCUT2D eigenvalue weighted by molar-refractivity contribution is 5.96. The van der Waals surface area contributed by atoms with Crippen molar-refractivity contribution in [3.05, 3.63) is 47.5 Å². The van der Waals surface area contributed by atoms with E-state index in [1.165, 1.54) is 12.0 Å². The van der Waals surface area contributed by atoms with E-state index in [1.54, 1.807) is 37.3 Å². The van der Waals surface area contributed by atoms with Crippen molar-refractivity contribution in [2.24, 2.45) is 39.7 Å². The van der Waals surface area contributed by atoms with Crippen molar-refractivity contribution in [3.63, 3.8) is 0 Å². The lowest BCUT2D eigenvalue weighted by molar-refractivity contribution is -0.146. The van der Waals surface area contributed by atoms with E-state index < -0.39 is 30.6 Å². The van der Waals surface area contributed by atoms with Crippen LogP contribution in [0.2, 0.25) is 0 Å². The molecule has 0 aliphatic heterocycles. The summed E-state index contributed by atoms with van der Waals surface area (Å²) in [7, 11) is 0. The number of oxime groups is 1. The molecule has 0 heterocycles. The van der Waals surface area contributed by atoms with Gasteiger partial charge in [0.05, 0.1) is 5.71 Å². The number of carboxylic acids is 1. The molecule has 8 heteroatoms. The monoisotopic (exact) mass is 550 g/mol. The summed E-state index contributed by atoms with van der Waals surface area (Å²) in [4.78, 5) is 41.9. The number of aliphatic carboxylic acids is 1. The molecule has 4 aliphatic carbocycles. The minimum Gasteiger partial charge on any atom is -0.480 e. The average molecular weight is 551 g/mol. The molecule has 8 atom stereocenters. The Morgan fingerprint density at radius 1 is 1.05 bits per heavy atom. The van der Waals surface area contributed by atoms with Gasteiger partial charge in [0.2, 0.25) is 0 Å². The Morgan fingerprint density at radius 3 is 2.50 bits per heavy atom. The van der Waals surface area contributed by atoms with Crippen LogP contribution in [0.3, 0.4) is 0 Å². The van der Waals surface area contributed by atoms with Crippen LogP contribution in [-0.4, -0.2) is 46.2 Å². The van der Waals surface area contributed by atoms with Gasteiger partial charge in [-0.05, 0) is 98.5 Å². The minimum atomic E-state index is -1.50. The predicted molar refractivity (Wildman–Crippen MR) is 150 cm³/mol. The third kappa shape index (κ3) is 5.11. The van der Waals surface area contributed by atoms with Crippen molar-refractivity contribution < 1.29 is 29.4 Å². The number of carbonyl (C=O) groups excluding carboxylic acids is 2. The number of ketones is 1. The van der Waals surface area contributed by atoms with Crippen LogP contribution < -0.4 is 5.32 Å². The maximum absolute atomic E-state index is 12.4. The zero-order chi connectivity index (χ0) is 28.7. The van der Waals surface area contributed by atoms with Crippen molar-refractivity contribution >= 4 is 23.4 Å². The highest BCUT2D eigenvalue weighted by atomic mass is 16.6. The topological polar surface area (TPSA) is 125 Å². The fraction of sp³-hybridized carbons (Fsp3) is 0.625. The van der Waals surface area contributed by atoms with Gasteiger partial charge < -0.3 is 20.4 Å². The SMILES string of the molecule is CC(=O)[C@H]1CC[C@H]2[C@@H]3CCC4=C/C(=N\OCC(=O)N[C@@H](C(=O)O)[C@H](O)c5ccccc5)CC[C@]4(C)[C@H]3CC[C@]12C. The van der Waals surface area contributed by atoms with Gasteiger partial charge in [0, 0.05) is 5.92 Å². The summed E-state index contributed by atoms with van der Waals surface area (Å²) in [6.07, 6.45) is 9.17. The van der Waals surface area contributed by atoms with E-state index in [0.29, 0.717) is 29.1 Å². The van der Waals surface area contributed by atoms with Crippen molar-refractivity contribution in [2.75, 3.05) is 6.61 Å². The van der Waals surface area contributed by atoms with Gasteiger partial charge in [-0.1, -0.05) is 54.9 Å². The van der Waals surface area contributed by atoms with Gasteiger partial charge in [-0.15, -0.1) is 0 Å². The number of Topliss-reactive ketones (excluding diaryl/α,β-unsaturated/α-hetero) is 1. The van der Waals surface area contributed by atoms with Crippen molar-refractivity contribution in [1.82, 2.24) is 5.32 Å². The second-order valence-corrected chi connectivity index (χ2v) is 12.9. The van der Waals surface area contributed by atoms with E-state index in [2.05, 4.69) is 30.4 Å². The Labute approximate surface area is 236 Å². The highest BCUT2D eigenvalue weighted by Crippen LogP contribution is 2.66. The maximum Gasteiger partial charge on any atom is 0.329 e. The van der Waals surface area contributed by atoms with Crippen molar-refractivity contribution in [2.45, 2.75) is 84.3 Å². The first kappa shape index (κ1) is 28.5. The molecule has 4 aliphatic rings. The van der Waals surface area contributed by atoms with Crippen LogP contribution in [0.5, 0.6) is 0 Å². The second kappa shape index (κ2) is 11.1. The number of nitrogens with zero attached hydrogens (tertiary/aromatic N) is 1. The molecule has 1 aromatic rings. The molecule has 0 aromatic heterocycles. The van der Waals surface area contributed by atoms with Crippen LogP contribution in [0.4, 0.5) is 0 Å². The third-order valence-electron chi connectivity index (χ3n) is 10.9. The number of carboxylic acid groups (broad SMARTS) is 1. The molecule has 3 fully saturated rings. The first-order valence-electron chi connectivity index (χ1n) is 14.7. The van der Waals surface area contributed by atoms with Crippen LogP contribution in [0.15, 0.2) is 47.1 Å². The molecular formula is C32H42N2O6. The van der Waals surface area contributed by atoms with Crippen molar-refractivity contribution in [3.8, 4) is 0 Å². The van der Waals surface area contributed by atoms with Gasteiger partial charge >= 0.3 is 5.97 Å². The normalized spacial score (nSPS) is 35.4. The summed E-state index contributed by atoms with van der Waals surface area (Å²) in [5.41, 5.74) is 2.88. The fourth-order valence-corrected chi connectivity index (χ4v) is 8.82. The first-order chi connectivity index (χ1) is 19.0. The average Bonchev–Trinajstić information content (AvgIpc) is 3.29. The molecule has 0 bridgehead atoms. The molecule has 1 aromatic carbocycles. The number of aliphatic hydroxyl groups is 1. The number of rotatable bonds is 8. The second-order valence-electron chi connectivity index (χ2n) is 12.9. The van der Waals surface area contributed by atoms with Crippen LogP contribution >= 0.6 is 0 Å². The summed E-state index contributed by atoms with van der Waals surface area (Å²) in [6.45, 7) is 6.13. The van der Waals surface area contributed by atoms with Gasteiger partial charge in [-0.3, -0.25) is 9.59 Å². The van der Waals surface area contributed by atoms with E-state index in [1.807, 2.05) is 0 Å². The standard InChI is InChI=1S/C32H42N2O6/c1-19(35)24-11-12-25-23-10-9-21-17-22(13-15-31(21,2)26(23)14-16-32(24,25)3)34-40-18-27(36)33-28(30(38)39)29(37)20-7-5-4-6-8-20/h4-8,17,23-26,28-29,37H,9-16,18H2,1-3H3,(H,33,36)(H,38,39)/b34-22-/t23-,24+,25-,26-,28+,29+,31-,32+/m0/s1. The van der Waals surface area contributed by atoms with Crippen LogP contribution in [0, 0.1) is 34.5 Å². The molecule has 3 saturated carbocycles. The van der Waals surface area contributed by atoms with E-state index >= 15 is 0 Å². The first-order valence-corrected chi connectivity index (χ1v) is 14.7. The number of benzene rings is 1. The summed E-state index contributed by atoms with van der Waals surface area (Å²) in [5.74, 6) is 0.502. The Kier molecular flexibility index (Phi) is 7.92. The predicted octanol–water partition coefficient (Wildman–Crippen LogP) is 4.83. The largest absolute Gasteiger partial charge is 0.480 e. The molecule has 0 unspecified atom stereocenters. The Balaban J connectivity index is 1.20. The number of allylic oxidation sites excluding steroid dienone is 2. The van der Waals surface area contributed by atoms with E-state index in [9.17, 15) is 24.6 Å². The maximum atomic E-state index is 12.4. The fourth-order valence-electron chi connectivity index (χ4n) is 8.82.